The van der Waals surface area contributed by atoms with Gasteiger partial charge in [0.1, 0.15) is 6.54 Å². The van der Waals surface area contributed by atoms with Crippen molar-refractivity contribution in [2.75, 3.05) is 6.54 Å². The first-order valence-electron chi connectivity index (χ1n) is 7.19. The molecule has 5 nitrogen and oxygen atoms in total. The predicted molar refractivity (Wildman–Crippen MR) is 74.1 cm³/mol. The highest BCUT2D eigenvalue weighted by Gasteiger charge is 2.34. The van der Waals surface area contributed by atoms with E-state index in [1.165, 1.54) is 4.90 Å². The molecule has 0 saturated carbocycles. The van der Waals surface area contributed by atoms with Gasteiger partial charge in [-0.1, -0.05) is 6.92 Å². The minimum absolute atomic E-state index is 0.0510. The number of carbonyl (C=O) groups excluding carboxylic acids is 1. The molecule has 0 bridgehead atoms. The molecule has 1 rings (SSSR count). The number of hydrogen-bond acceptors (Lipinski definition) is 2. The lowest BCUT2D eigenvalue weighted by atomic mass is 9.98. The van der Waals surface area contributed by atoms with Gasteiger partial charge in [0.2, 0.25) is 0 Å². The Morgan fingerprint density at radius 1 is 1.32 bits per heavy atom. The fourth-order valence-electron chi connectivity index (χ4n) is 2.72. The van der Waals surface area contributed by atoms with E-state index in [1.807, 2.05) is 32.6 Å². The molecule has 3 atom stereocenters. The molecule has 2 amide bonds. The van der Waals surface area contributed by atoms with E-state index in [0.717, 1.165) is 25.7 Å². The number of rotatable bonds is 4. The van der Waals surface area contributed by atoms with Crippen LogP contribution in [-0.2, 0) is 4.79 Å². The van der Waals surface area contributed by atoms with Crippen LogP contribution in [-0.4, -0.2) is 51.6 Å². The SMILES string of the molecule is CCC(C)N(CC(=O)O)C(=O)N1C(C)CCCC1C. The van der Waals surface area contributed by atoms with Crippen LogP contribution >= 0.6 is 0 Å². The van der Waals surface area contributed by atoms with Crippen molar-refractivity contribution in [1.82, 2.24) is 9.80 Å². The molecule has 1 N–H and O–H groups in total. The fourth-order valence-corrected chi connectivity index (χ4v) is 2.72. The van der Waals surface area contributed by atoms with Gasteiger partial charge in [-0.2, -0.15) is 0 Å². The van der Waals surface area contributed by atoms with E-state index in [1.54, 1.807) is 0 Å². The molecule has 0 aromatic rings. The molecule has 19 heavy (non-hydrogen) atoms. The molecule has 1 aliphatic heterocycles. The lowest BCUT2D eigenvalue weighted by molar-refractivity contribution is -0.138. The van der Waals surface area contributed by atoms with Gasteiger partial charge in [-0.05, 0) is 46.5 Å². The Morgan fingerprint density at radius 2 is 1.84 bits per heavy atom. The number of urea groups is 1. The van der Waals surface area contributed by atoms with Gasteiger partial charge in [0.15, 0.2) is 0 Å². The maximum atomic E-state index is 12.6. The van der Waals surface area contributed by atoms with Crippen molar-refractivity contribution >= 4 is 12.0 Å². The van der Waals surface area contributed by atoms with E-state index in [0.29, 0.717) is 0 Å². The number of carboxylic acid groups (broad SMARTS) is 1. The van der Waals surface area contributed by atoms with Crippen LogP contribution in [0.3, 0.4) is 0 Å². The smallest absolute Gasteiger partial charge is 0.323 e. The standard InChI is InChI=1S/C14H26N2O3/c1-5-10(2)15(9-13(17)18)14(19)16-11(3)7-6-8-12(16)4/h10-12H,5-9H2,1-4H3,(H,17,18). The average Bonchev–Trinajstić information content (AvgIpc) is 2.34. The molecule has 3 unspecified atom stereocenters. The van der Waals surface area contributed by atoms with E-state index in [9.17, 15) is 9.59 Å². The zero-order chi connectivity index (χ0) is 14.6. The van der Waals surface area contributed by atoms with Crippen LogP contribution in [0.2, 0.25) is 0 Å². The Kier molecular flexibility index (Phi) is 5.63. The first kappa shape index (κ1) is 15.8. The van der Waals surface area contributed by atoms with E-state index in [4.69, 9.17) is 5.11 Å². The van der Waals surface area contributed by atoms with Crippen LogP contribution in [0.25, 0.3) is 0 Å². The Labute approximate surface area is 115 Å². The lowest BCUT2D eigenvalue weighted by Crippen LogP contribution is -2.56. The summed E-state index contributed by atoms with van der Waals surface area (Å²) < 4.78 is 0. The number of nitrogens with zero attached hydrogens (tertiary/aromatic N) is 2. The molecular weight excluding hydrogens is 244 g/mol. The van der Waals surface area contributed by atoms with Crippen molar-refractivity contribution in [2.45, 2.75) is 71.5 Å². The minimum atomic E-state index is -0.953. The normalized spacial score (nSPS) is 24.9. The predicted octanol–water partition coefficient (Wildman–Crippen LogP) is 2.55. The number of carbonyl (C=O) groups is 2. The highest BCUT2D eigenvalue weighted by molar-refractivity contribution is 5.81. The van der Waals surface area contributed by atoms with Gasteiger partial charge < -0.3 is 14.9 Å². The lowest BCUT2D eigenvalue weighted by Gasteiger charge is -2.42. The van der Waals surface area contributed by atoms with E-state index in [-0.39, 0.29) is 30.7 Å². The Balaban J connectivity index is 2.87. The summed E-state index contributed by atoms with van der Waals surface area (Å²) in [5.74, 6) is -0.953. The van der Waals surface area contributed by atoms with Gasteiger partial charge in [-0.15, -0.1) is 0 Å². The largest absolute Gasteiger partial charge is 0.480 e. The van der Waals surface area contributed by atoms with Gasteiger partial charge in [0.05, 0.1) is 0 Å². The Morgan fingerprint density at radius 3 is 2.26 bits per heavy atom. The van der Waals surface area contributed by atoms with Crippen molar-refractivity contribution < 1.29 is 14.7 Å². The highest BCUT2D eigenvalue weighted by Crippen LogP contribution is 2.24. The highest BCUT2D eigenvalue weighted by atomic mass is 16.4. The maximum Gasteiger partial charge on any atom is 0.323 e. The summed E-state index contributed by atoms with van der Waals surface area (Å²) in [5.41, 5.74) is 0. The summed E-state index contributed by atoms with van der Waals surface area (Å²) in [5, 5.41) is 8.99. The number of piperidine rings is 1. The van der Waals surface area contributed by atoms with E-state index in [2.05, 4.69) is 0 Å². The van der Waals surface area contributed by atoms with Crippen LogP contribution in [0.4, 0.5) is 4.79 Å². The molecule has 5 heteroatoms. The molecule has 0 aromatic carbocycles. The number of amides is 2. The third-order valence-corrected chi connectivity index (χ3v) is 4.09. The topological polar surface area (TPSA) is 60.9 Å². The van der Waals surface area contributed by atoms with Gasteiger partial charge in [0.25, 0.3) is 0 Å². The Bertz CT molecular complexity index is 323. The van der Waals surface area contributed by atoms with Gasteiger partial charge in [-0.3, -0.25) is 4.79 Å². The quantitative estimate of drug-likeness (QED) is 0.854. The van der Waals surface area contributed by atoms with Gasteiger partial charge in [-0.25, -0.2) is 4.79 Å². The van der Waals surface area contributed by atoms with Crippen LogP contribution in [0.5, 0.6) is 0 Å². The second-order valence-corrected chi connectivity index (χ2v) is 5.60. The molecule has 0 radical (unpaired) electrons. The van der Waals surface area contributed by atoms with Crippen molar-refractivity contribution in [3.8, 4) is 0 Å². The van der Waals surface area contributed by atoms with Gasteiger partial charge in [0, 0.05) is 18.1 Å². The van der Waals surface area contributed by atoms with Crippen molar-refractivity contribution in [3.63, 3.8) is 0 Å². The minimum Gasteiger partial charge on any atom is -0.480 e. The maximum absolute atomic E-state index is 12.6. The van der Waals surface area contributed by atoms with Crippen molar-refractivity contribution in [1.29, 1.82) is 0 Å². The molecule has 1 saturated heterocycles. The molecule has 110 valence electrons. The van der Waals surface area contributed by atoms with Crippen LogP contribution in [0.15, 0.2) is 0 Å². The summed E-state index contributed by atoms with van der Waals surface area (Å²) in [6.45, 7) is 7.74. The number of hydrogen-bond donors (Lipinski definition) is 1. The van der Waals surface area contributed by atoms with Crippen molar-refractivity contribution in [3.05, 3.63) is 0 Å². The molecular formula is C14H26N2O3. The zero-order valence-corrected chi connectivity index (χ0v) is 12.4. The monoisotopic (exact) mass is 270 g/mol. The molecule has 0 aliphatic carbocycles. The summed E-state index contributed by atoms with van der Waals surface area (Å²) in [7, 11) is 0. The number of carboxylic acids is 1. The van der Waals surface area contributed by atoms with Gasteiger partial charge >= 0.3 is 12.0 Å². The molecule has 1 aliphatic rings. The molecule has 1 heterocycles. The average molecular weight is 270 g/mol. The third-order valence-electron chi connectivity index (χ3n) is 4.09. The number of likely N-dealkylation sites (tertiary alicyclic amines) is 1. The second kappa shape index (κ2) is 6.78. The summed E-state index contributed by atoms with van der Waals surface area (Å²) in [6, 6.07) is 0.203. The second-order valence-electron chi connectivity index (χ2n) is 5.60. The Hall–Kier alpha value is -1.26. The zero-order valence-electron chi connectivity index (χ0n) is 12.4. The summed E-state index contributed by atoms with van der Waals surface area (Å²) in [4.78, 5) is 27.0. The first-order valence-corrected chi connectivity index (χ1v) is 7.19. The molecule has 0 aromatic heterocycles. The van der Waals surface area contributed by atoms with E-state index >= 15 is 0 Å². The van der Waals surface area contributed by atoms with Crippen LogP contribution in [0, 0.1) is 0 Å². The summed E-state index contributed by atoms with van der Waals surface area (Å²) in [6.07, 6.45) is 3.89. The third kappa shape index (κ3) is 3.85. The van der Waals surface area contributed by atoms with Crippen LogP contribution < -0.4 is 0 Å². The first-order chi connectivity index (χ1) is 8.88. The van der Waals surface area contributed by atoms with E-state index < -0.39 is 5.97 Å². The molecule has 0 spiro atoms. The summed E-state index contributed by atoms with van der Waals surface area (Å²) >= 11 is 0. The molecule has 1 fully saturated rings. The van der Waals surface area contributed by atoms with Crippen molar-refractivity contribution in [2.24, 2.45) is 0 Å². The van der Waals surface area contributed by atoms with Crippen LogP contribution in [0.1, 0.15) is 53.4 Å². The number of aliphatic carboxylic acids is 1. The fraction of sp³-hybridized carbons (Fsp3) is 0.857.